The Balaban J connectivity index is 4.06. The monoisotopic (exact) mass is 187 g/mol. The van der Waals surface area contributed by atoms with Gasteiger partial charge in [-0.05, 0) is 27.2 Å². The van der Waals surface area contributed by atoms with Crippen molar-refractivity contribution in [2.24, 2.45) is 11.7 Å². The zero-order chi connectivity index (χ0) is 10.5. The fraction of sp³-hybridized carbons (Fsp3) is 0.900. The Morgan fingerprint density at radius 3 is 2.31 bits per heavy atom. The Bertz CT molecular complexity index is 161. The van der Waals surface area contributed by atoms with Gasteiger partial charge in [-0.25, -0.2) is 0 Å². The van der Waals surface area contributed by atoms with Gasteiger partial charge >= 0.3 is 5.97 Å². The summed E-state index contributed by atoms with van der Waals surface area (Å²) in [5, 5.41) is 0. The smallest absolute Gasteiger partial charge is 0.310 e. The fourth-order valence-electron chi connectivity index (χ4n) is 1.07. The summed E-state index contributed by atoms with van der Waals surface area (Å²) >= 11 is 0. The Morgan fingerprint density at radius 2 is 2.00 bits per heavy atom. The lowest BCUT2D eigenvalue weighted by Gasteiger charge is -2.23. The van der Waals surface area contributed by atoms with Crippen molar-refractivity contribution >= 4 is 5.97 Å². The normalized spacial score (nSPS) is 13.9. The van der Waals surface area contributed by atoms with Crippen LogP contribution in [-0.2, 0) is 9.53 Å². The molecule has 0 unspecified atom stereocenters. The second kappa shape index (κ2) is 5.22. The molecule has 0 radical (unpaired) electrons. The van der Waals surface area contributed by atoms with Crippen LogP contribution in [0.3, 0.4) is 0 Å². The summed E-state index contributed by atoms with van der Waals surface area (Å²) in [6.45, 7) is 8.01. The van der Waals surface area contributed by atoms with Gasteiger partial charge in [-0.15, -0.1) is 0 Å². The first kappa shape index (κ1) is 12.4. The molecule has 0 spiro atoms. The summed E-state index contributed by atoms with van der Waals surface area (Å²) in [6, 6.07) is 0. The van der Waals surface area contributed by atoms with Crippen LogP contribution < -0.4 is 5.73 Å². The number of esters is 1. The van der Waals surface area contributed by atoms with E-state index in [1.54, 1.807) is 0 Å². The van der Waals surface area contributed by atoms with Gasteiger partial charge in [0.1, 0.15) is 5.60 Å². The molecule has 3 nitrogen and oxygen atoms in total. The van der Waals surface area contributed by atoms with E-state index >= 15 is 0 Å². The summed E-state index contributed by atoms with van der Waals surface area (Å²) in [6.07, 6.45) is 1.77. The number of carbonyl (C=O) groups is 1. The lowest BCUT2D eigenvalue weighted by molar-refractivity contribution is -0.159. The molecule has 0 aliphatic carbocycles. The zero-order valence-electron chi connectivity index (χ0n) is 9.09. The fourth-order valence-corrected chi connectivity index (χ4v) is 1.07. The molecule has 0 aromatic heterocycles. The van der Waals surface area contributed by atoms with E-state index in [1.165, 1.54) is 0 Å². The van der Waals surface area contributed by atoms with Gasteiger partial charge in [-0.1, -0.05) is 13.3 Å². The molecule has 78 valence electrons. The minimum Gasteiger partial charge on any atom is -0.460 e. The summed E-state index contributed by atoms with van der Waals surface area (Å²) in [4.78, 5) is 11.5. The van der Waals surface area contributed by atoms with E-state index in [2.05, 4.69) is 0 Å². The highest BCUT2D eigenvalue weighted by Gasteiger charge is 2.22. The quantitative estimate of drug-likeness (QED) is 0.681. The molecular formula is C10H21NO2. The maximum Gasteiger partial charge on any atom is 0.310 e. The average Bonchev–Trinajstić information content (AvgIpc) is 1.96. The van der Waals surface area contributed by atoms with Crippen LogP contribution in [0.4, 0.5) is 0 Å². The highest BCUT2D eigenvalue weighted by molar-refractivity contribution is 5.73. The maximum absolute atomic E-state index is 11.5. The van der Waals surface area contributed by atoms with Gasteiger partial charge < -0.3 is 10.5 Å². The van der Waals surface area contributed by atoms with Gasteiger partial charge in [0.2, 0.25) is 0 Å². The molecular weight excluding hydrogens is 166 g/mol. The van der Waals surface area contributed by atoms with Gasteiger partial charge in [0, 0.05) is 6.54 Å². The van der Waals surface area contributed by atoms with Gasteiger partial charge in [-0.2, -0.15) is 0 Å². The third-order valence-corrected chi connectivity index (χ3v) is 1.66. The van der Waals surface area contributed by atoms with E-state index in [1.807, 2.05) is 27.7 Å². The van der Waals surface area contributed by atoms with Crippen LogP contribution in [0, 0.1) is 5.92 Å². The summed E-state index contributed by atoms with van der Waals surface area (Å²) in [5.41, 5.74) is 5.07. The van der Waals surface area contributed by atoms with Crippen LogP contribution >= 0.6 is 0 Å². The number of hydrogen-bond donors (Lipinski definition) is 1. The Hall–Kier alpha value is -0.570. The first-order valence-electron chi connectivity index (χ1n) is 4.83. The van der Waals surface area contributed by atoms with Crippen molar-refractivity contribution in [3.8, 4) is 0 Å². The number of hydrogen-bond acceptors (Lipinski definition) is 3. The largest absolute Gasteiger partial charge is 0.460 e. The van der Waals surface area contributed by atoms with Crippen molar-refractivity contribution in [3.63, 3.8) is 0 Å². The number of ether oxygens (including phenoxy) is 1. The minimum atomic E-state index is -0.405. The van der Waals surface area contributed by atoms with Crippen molar-refractivity contribution in [1.29, 1.82) is 0 Å². The van der Waals surface area contributed by atoms with Crippen molar-refractivity contribution in [2.75, 3.05) is 6.54 Å². The molecule has 0 amide bonds. The minimum absolute atomic E-state index is 0.135. The molecule has 0 saturated heterocycles. The van der Waals surface area contributed by atoms with Gasteiger partial charge in [0.25, 0.3) is 0 Å². The van der Waals surface area contributed by atoms with Gasteiger partial charge in [0.05, 0.1) is 5.92 Å². The molecule has 0 aromatic rings. The highest BCUT2D eigenvalue weighted by atomic mass is 16.6. The average molecular weight is 187 g/mol. The SMILES string of the molecule is CCC[C@@H](CN)C(=O)OC(C)(C)C. The van der Waals surface area contributed by atoms with Crippen LogP contribution in [0.15, 0.2) is 0 Å². The van der Waals surface area contributed by atoms with Crippen LogP contribution in [0.2, 0.25) is 0 Å². The second-order valence-corrected chi connectivity index (χ2v) is 4.25. The number of carbonyl (C=O) groups excluding carboxylic acids is 1. The molecule has 0 fully saturated rings. The third-order valence-electron chi connectivity index (χ3n) is 1.66. The molecule has 0 rings (SSSR count). The topological polar surface area (TPSA) is 52.3 Å². The Kier molecular flexibility index (Phi) is 4.99. The summed E-state index contributed by atoms with van der Waals surface area (Å²) < 4.78 is 5.22. The van der Waals surface area contributed by atoms with Gasteiger partial charge in [0.15, 0.2) is 0 Å². The first-order valence-corrected chi connectivity index (χ1v) is 4.83. The molecule has 13 heavy (non-hydrogen) atoms. The molecule has 0 aliphatic heterocycles. The molecule has 1 atom stereocenters. The second-order valence-electron chi connectivity index (χ2n) is 4.25. The van der Waals surface area contributed by atoms with E-state index in [-0.39, 0.29) is 11.9 Å². The lowest BCUT2D eigenvalue weighted by Crippen LogP contribution is -2.32. The van der Waals surface area contributed by atoms with Crippen molar-refractivity contribution < 1.29 is 9.53 Å². The molecule has 2 N–H and O–H groups in total. The van der Waals surface area contributed by atoms with E-state index in [0.717, 1.165) is 12.8 Å². The third kappa shape index (κ3) is 5.64. The highest BCUT2D eigenvalue weighted by Crippen LogP contribution is 2.13. The number of nitrogens with two attached hydrogens (primary N) is 1. The zero-order valence-corrected chi connectivity index (χ0v) is 9.09. The number of rotatable bonds is 4. The predicted molar refractivity (Wildman–Crippen MR) is 53.3 cm³/mol. The van der Waals surface area contributed by atoms with E-state index in [4.69, 9.17) is 10.5 Å². The Labute approximate surface area is 80.6 Å². The maximum atomic E-state index is 11.5. The van der Waals surface area contributed by atoms with E-state index in [0.29, 0.717) is 6.54 Å². The van der Waals surface area contributed by atoms with Crippen LogP contribution in [0.5, 0.6) is 0 Å². The van der Waals surface area contributed by atoms with E-state index in [9.17, 15) is 4.79 Å². The van der Waals surface area contributed by atoms with Crippen LogP contribution in [0.1, 0.15) is 40.5 Å². The van der Waals surface area contributed by atoms with Gasteiger partial charge in [-0.3, -0.25) is 4.79 Å². The van der Waals surface area contributed by atoms with Crippen LogP contribution in [-0.4, -0.2) is 18.1 Å². The molecule has 0 aromatic carbocycles. The molecule has 3 heteroatoms. The molecule has 0 saturated carbocycles. The standard InChI is InChI=1S/C10H21NO2/c1-5-6-8(7-11)9(12)13-10(2,3)4/h8H,5-7,11H2,1-4H3/t8-/m0/s1. The predicted octanol–water partition coefficient (Wildman–Crippen LogP) is 1.70. The summed E-state index contributed by atoms with van der Waals surface area (Å²) in [7, 11) is 0. The lowest BCUT2D eigenvalue weighted by atomic mass is 10.0. The van der Waals surface area contributed by atoms with Crippen molar-refractivity contribution in [3.05, 3.63) is 0 Å². The van der Waals surface area contributed by atoms with Crippen molar-refractivity contribution in [1.82, 2.24) is 0 Å². The van der Waals surface area contributed by atoms with Crippen LogP contribution in [0.25, 0.3) is 0 Å². The van der Waals surface area contributed by atoms with E-state index < -0.39 is 5.60 Å². The Morgan fingerprint density at radius 1 is 1.46 bits per heavy atom. The first-order chi connectivity index (χ1) is 5.90. The molecule has 0 aliphatic rings. The molecule has 0 heterocycles. The molecule has 0 bridgehead atoms. The van der Waals surface area contributed by atoms with Crippen molar-refractivity contribution in [2.45, 2.75) is 46.1 Å². The summed E-state index contributed by atoms with van der Waals surface area (Å²) in [5.74, 6) is -0.305.